The van der Waals surface area contributed by atoms with Crippen LogP contribution < -0.4 is 15.4 Å². The van der Waals surface area contributed by atoms with Gasteiger partial charge >= 0.3 is 11.8 Å². The van der Waals surface area contributed by atoms with Gasteiger partial charge in [0, 0.05) is 17.8 Å². The predicted molar refractivity (Wildman–Crippen MR) is 121 cm³/mol. The van der Waals surface area contributed by atoms with Crippen molar-refractivity contribution in [3.05, 3.63) is 78.2 Å². The maximum atomic E-state index is 12.3. The number of hydrogen-bond donors (Lipinski definition) is 3. The van der Waals surface area contributed by atoms with E-state index in [1.165, 1.54) is 32.9 Å². The van der Waals surface area contributed by atoms with E-state index in [0.717, 1.165) is 0 Å². The number of esters is 1. The lowest BCUT2D eigenvalue weighted by Gasteiger charge is -2.32. The van der Waals surface area contributed by atoms with E-state index < -0.39 is 11.8 Å². The Morgan fingerprint density at radius 3 is 2.52 bits per heavy atom. The summed E-state index contributed by atoms with van der Waals surface area (Å²) in [5.74, 6) is -1.68. The number of nitrogens with one attached hydrogen (secondary N) is 2. The molecule has 0 aromatic heterocycles. The number of benzene rings is 2. The minimum Gasteiger partial charge on any atom is -0.507 e. The Morgan fingerprint density at radius 2 is 1.87 bits per heavy atom. The number of methoxy groups -OCH3 is 2. The van der Waals surface area contributed by atoms with Crippen molar-refractivity contribution in [3.63, 3.8) is 0 Å². The second kappa shape index (κ2) is 9.77. The Morgan fingerprint density at radius 1 is 1.16 bits per heavy atom. The summed E-state index contributed by atoms with van der Waals surface area (Å²) in [5.41, 5.74) is 1.03. The van der Waals surface area contributed by atoms with Gasteiger partial charge < -0.3 is 30.0 Å². The van der Waals surface area contributed by atoms with Crippen LogP contribution in [-0.2, 0) is 14.3 Å². The lowest BCUT2D eigenvalue weighted by Crippen LogP contribution is -2.51. The number of ether oxygens (including phenoxy) is 3. The van der Waals surface area contributed by atoms with Crippen molar-refractivity contribution in [1.29, 1.82) is 0 Å². The van der Waals surface area contributed by atoms with Gasteiger partial charge in [-0.05, 0) is 18.2 Å². The van der Waals surface area contributed by atoms with Gasteiger partial charge in [0.25, 0.3) is 0 Å². The summed E-state index contributed by atoms with van der Waals surface area (Å²) in [7, 11) is 2.71. The van der Waals surface area contributed by atoms with Gasteiger partial charge in [-0.3, -0.25) is 0 Å². The molecule has 0 fully saturated rings. The number of aromatic hydroxyl groups is 1. The number of para-hydroxylation sites is 2. The molecule has 0 spiro atoms. The fourth-order valence-corrected chi connectivity index (χ4v) is 3.15. The lowest BCUT2D eigenvalue weighted by molar-refractivity contribution is -0.133. The summed E-state index contributed by atoms with van der Waals surface area (Å²) in [6, 6.07) is 13.5. The topological polar surface area (TPSA) is 101 Å². The Hall–Kier alpha value is -3.85. The molecule has 0 saturated heterocycles. The molecule has 3 N–H and O–H groups in total. The van der Waals surface area contributed by atoms with Crippen LogP contribution >= 0.6 is 12.2 Å². The second-order valence-electron chi connectivity index (χ2n) is 6.28. The summed E-state index contributed by atoms with van der Waals surface area (Å²) in [5, 5.41) is 16.0. The van der Waals surface area contributed by atoms with E-state index in [-0.39, 0.29) is 16.3 Å². The van der Waals surface area contributed by atoms with Crippen LogP contribution in [0.15, 0.2) is 72.1 Å². The summed E-state index contributed by atoms with van der Waals surface area (Å²) < 4.78 is 16.1. The van der Waals surface area contributed by atoms with Crippen LogP contribution in [0.4, 0.5) is 0 Å². The fourth-order valence-electron chi connectivity index (χ4n) is 2.83. The molecule has 1 unspecified atom stereocenters. The average Bonchev–Trinajstić information content (AvgIpc) is 2.78. The standard InChI is InChI=1S/C22H21N3O5S/c1-28-13-17(21(27)29-2)15-7-4-6-10-19(15)30-22(11-12-23-14-24-22)25-20(31)16-8-3-5-9-18(16)26/h3-14,26H,1-2H3,(H,23,24)(H,25,31)/b17-13+. The van der Waals surface area contributed by atoms with E-state index in [1.54, 1.807) is 54.7 Å². The third-order valence-electron chi connectivity index (χ3n) is 4.26. The summed E-state index contributed by atoms with van der Waals surface area (Å²) in [4.78, 5) is 16.9. The SMILES string of the molecule is CO/C=C(/C(=O)OC)c1ccccc1OC1(NC(=S)c2ccccc2O)C=CNC=N1. The normalized spacial score (nSPS) is 17.4. The van der Waals surface area contributed by atoms with Gasteiger partial charge in [0.15, 0.2) is 0 Å². The lowest BCUT2D eigenvalue weighted by atomic mass is 10.1. The number of phenols is 1. The number of phenolic OH excluding ortho intramolecular Hbond substituents is 1. The Labute approximate surface area is 184 Å². The summed E-state index contributed by atoms with van der Waals surface area (Å²) in [6.45, 7) is 0. The van der Waals surface area contributed by atoms with Crippen molar-refractivity contribution in [2.75, 3.05) is 14.2 Å². The zero-order valence-electron chi connectivity index (χ0n) is 16.9. The quantitative estimate of drug-likeness (QED) is 0.199. The van der Waals surface area contributed by atoms with Gasteiger partial charge in [-0.15, -0.1) is 0 Å². The van der Waals surface area contributed by atoms with Gasteiger partial charge in [-0.2, -0.15) is 0 Å². The molecular formula is C22H21N3O5S. The number of carbonyl (C=O) groups excluding carboxylic acids is 1. The summed E-state index contributed by atoms with van der Waals surface area (Å²) in [6.07, 6.45) is 5.97. The number of nitrogens with zero attached hydrogens (tertiary/aromatic N) is 1. The first kappa shape index (κ1) is 21.8. The highest BCUT2D eigenvalue weighted by Gasteiger charge is 2.33. The first-order valence-electron chi connectivity index (χ1n) is 9.17. The fraction of sp³-hybridized carbons (Fsp3) is 0.136. The summed E-state index contributed by atoms with van der Waals surface area (Å²) >= 11 is 5.48. The highest BCUT2D eigenvalue weighted by Crippen LogP contribution is 2.31. The average molecular weight is 439 g/mol. The van der Waals surface area contributed by atoms with Crippen molar-refractivity contribution in [1.82, 2.24) is 10.6 Å². The first-order chi connectivity index (χ1) is 15.0. The van der Waals surface area contributed by atoms with Gasteiger partial charge in [0.1, 0.15) is 22.1 Å². The van der Waals surface area contributed by atoms with Crippen molar-refractivity contribution in [2.24, 2.45) is 4.99 Å². The van der Waals surface area contributed by atoms with Crippen molar-refractivity contribution in [3.8, 4) is 11.5 Å². The van der Waals surface area contributed by atoms with E-state index in [2.05, 4.69) is 15.6 Å². The Kier molecular flexibility index (Phi) is 6.88. The molecule has 9 heteroatoms. The Bertz CT molecular complexity index is 1050. The predicted octanol–water partition coefficient (Wildman–Crippen LogP) is 2.70. The zero-order chi connectivity index (χ0) is 22.3. The molecule has 0 saturated carbocycles. The molecule has 8 nitrogen and oxygen atoms in total. The highest BCUT2D eigenvalue weighted by atomic mass is 32.1. The largest absolute Gasteiger partial charge is 0.507 e. The maximum Gasteiger partial charge on any atom is 0.341 e. The minimum absolute atomic E-state index is 0.0217. The minimum atomic E-state index is -1.44. The van der Waals surface area contributed by atoms with Gasteiger partial charge in [-0.1, -0.05) is 42.5 Å². The van der Waals surface area contributed by atoms with Crippen molar-refractivity contribution in [2.45, 2.75) is 5.85 Å². The molecule has 0 bridgehead atoms. The second-order valence-corrected chi connectivity index (χ2v) is 6.69. The Balaban J connectivity index is 1.99. The van der Waals surface area contributed by atoms with Crippen LogP contribution in [0, 0.1) is 0 Å². The van der Waals surface area contributed by atoms with Crippen molar-refractivity contribution >= 4 is 35.1 Å². The van der Waals surface area contributed by atoms with Crippen molar-refractivity contribution < 1.29 is 24.1 Å². The smallest absolute Gasteiger partial charge is 0.341 e. The van der Waals surface area contributed by atoms with Crippen LogP contribution in [0.1, 0.15) is 11.1 Å². The van der Waals surface area contributed by atoms with E-state index in [4.69, 9.17) is 26.4 Å². The van der Waals surface area contributed by atoms with Gasteiger partial charge in [0.2, 0.25) is 0 Å². The van der Waals surface area contributed by atoms with Gasteiger partial charge in [-0.25, -0.2) is 9.79 Å². The van der Waals surface area contributed by atoms with Gasteiger partial charge in [0.05, 0.1) is 32.4 Å². The van der Waals surface area contributed by atoms with E-state index >= 15 is 0 Å². The molecule has 0 aliphatic carbocycles. The van der Waals surface area contributed by atoms with Crippen LogP contribution in [0.5, 0.6) is 11.5 Å². The van der Waals surface area contributed by atoms with Crippen LogP contribution in [0.3, 0.4) is 0 Å². The van der Waals surface area contributed by atoms with E-state index in [0.29, 0.717) is 16.9 Å². The number of aliphatic imine (C=N–C) groups is 1. The molecule has 1 atom stereocenters. The monoisotopic (exact) mass is 439 g/mol. The molecule has 0 radical (unpaired) electrons. The zero-order valence-corrected chi connectivity index (χ0v) is 17.7. The number of rotatable bonds is 7. The molecule has 3 rings (SSSR count). The van der Waals surface area contributed by atoms with Crippen LogP contribution in [0.2, 0.25) is 0 Å². The number of hydrogen-bond acceptors (Lipinski definition) is 8. The molecule has 31 heavy (non-hydrogen) atoms. The highest BCUT2D eigenvalue weighted by molar-refractivity contribution is 7.80. The maximum absolute atomic E-state index is 12.3. The van der Waals surface area contributed by atoms with Crippen LogP contribution in [-0.4, -0.2) is 42.5 Å². The first-order valence-corrected chi connectivity index (χ1v) is 9.58. The number of carbonyl (C=O) groups is 1. The molecule has 2 aromatic carbocycles. The van der Waals surface area contributed by atoms with E-state index in [1.807, 2.05) is 0 Å². The molecule has 0 amide bonds. The molecule has 1 aliphatic heterocycles. The molecule has 1 heterocycles. The third-order valence-corrected chi connectivity index (χ3v) is 4.58. The van der Waals surface area contributed by atoms with Crippen LogP contribution in [0.25, 0.3) is 5.57 Å². The molecule has 1 aliphatic rings. The molecular weight excluding hydrogens is 418 g/mol. The molecule has 2 aromatic rings. The molecule has 160 valence electrons. The third kappa shape index (κ3) is 5.01. The number of thiocarbonyl (C=S) groups is 1. The van der Waals surface area contributed by atoms with E-state index in [9.17, 15) is 9.90 Å².